The number of halogens is 3. The second kappa shape index (κ2) is 9.26. The van der Waals surface area contributed by atoms with Crippen LogP contribution in [0.4, 0.5) is 13.2 Å². The second-order valence-corrected chi connectivity index (χ2v) is 8.73. The van der Waals surface area contributed by atoms with Crippen molar-refractivity contribution >= 4 is 11.8 Å². The smallest absolute Gasteiger partial charge is 0.271 e. The number of hydrogen-bond acceptors (Lipinski definition) is 4. The standard InChI is InChI=1S/C23H25F3N4O2/c1-13(6-15-9-19(25)20(26)10-18(15)24)14-7-16-2-3-17(8-14)30(16)22(31)12-29-23(32)21-11-27-4-5-28-21/h4-5,9-11,13-14,16-17H,2-3,6-8,12H2,1H3,(H,29,32)/t13?,14?,16-,17?/m0/s1. The Morgan fingerprint density at radius 2 is 1.78 bits per heavy atom. The van der Waals surface area contributed by atoms with Crippen molar-refractivity contribution in [3.8, 4) is 0 Å². The van der Waals surface area contributed by atoms with Gasteiger partial charge < -0.3 is 10.2 Å². The Kier molecular flexibility index (Phi) is 6.43. The normalized spacial score (nSPS) is 23.1. The van der Waals surface area contributed by atoms with Gasteiger partial charge in [-0.05, 0) is 55.6 Å². The highest BCUT2D eigenvalue weighted by Crippen LogP contribution is 2.42. The first-order valence-electron chi connectivity index (χ1n) is 10.8. The largest absolute Gasteiger partial charge is 0.342 e. The van der Waals surface area contributed by atoms with Gasteiger partial charge in [-0.1, -0.05) is 6.92 Å². The third-order valence-corrected chi connectivity index (χ3v) is 6.69. The van der Waals surface area contributed by atoms with Crippen molar-refractivity contribution in [2.24, 2.45) is 11.8 Å². The zero-order chi connectivity index (χ0) is 22.8. The first kappa shape index (κ1) is 22.2. The van der Waals surface area contributed by atoms with Gasteiger partial charge in [0.2, 0.25) is 5.91 Å². The van der Waals surface area contributed by atoms with Gasteiger partial charge in [0.1, 0.15) is 11.5 Å². The van der Waals surface area contributed by atoms with Gasteiger partial charge in [0, 0.05) is 30.5 Å². The predicted molar refractivity (Wildman–Crippen MR) is 110 cm³/mol. The SMILES string of the molecule is CC(Cc1cc(F)c(F)cc1F)C1CC2CC[C@@H](C1)N2C(=O)CNC(=O)c1cnccn1. The van der Waals surface area contributed by atoms with Gasteiger partial charge in [-0.2, -0.15) is 0 Å². The lowest BCUT2D eigenvalue weighted by Crippen LogP contribution is -2.51. The van der Waals surface area contributed by atoms with Crippen LogP contribution in [0.2, 0.25) is 0 Å². The van der Waals surface area contributed by atoms with E-state index >= 15 is 0 Å². The highest BCUT2D eigenvalue weighted by molar-refractivity contribution is 5.94. The van der Waals surface area contributed by atoms with E-state index in [1.807, 2.05) is 11.8 Å². The molecule has 0 spiro atoms. The molecule has 1 N–H and O–H groups in total. The van der Waals surface area contributed by atoms with E-state index in [2.05, 4.69) is 15.3 Å². The molecule has 2 aromatic rings. The van der Waals surface area contributed by atoms with Crippen LogP contribution in [0.5, 0.6) is 0 Å². The summed E-state index contributed by atoms with van der Waals surface area (Å²) in [5, 5.41) is 2.61. The monoisotopic (exact) mass is 446 g/mol. The maximum Gasteiger partial charge on any atom is 0.271 e. The molecule has 2 aliphatic heterocycles. The molecule has 3 heterocycles. The average Bonchev–Trinajstić information content (AvgIpc) is 3.05. The summed E-state index contributed by atoms with van der Waals surface area (Å²) in [5.74, 6) is -3.23. The van der Waals surface area contributed by atoms with Crippen LogP contribution in [-0.4, -0.2) is 45.3 Å². The molecule has 170 valence electrons. The minimum Gasteiger partial charge on any atom is -0.342 e. The molecular formula is C23H25F3N4O2. The summed E-state index contributed by atoms with van der Waals surface area (Å²) >= 11 is 0. The van der Waals surface area contributed by atoms with E-state index in [-0.39, 0.29) is 47.6 Å². The highest BCUT2D eigenvalue weighted by atomic mass is 19.2. The summed E-state index contributed by atoms with van der Waals surface area (Å²) in [6.45, 7) is 1.88. The summed E-state index contributed by atoms with van der Waals surface area (Å²) in [4.78, 5) is 34.6. The van der Waals surface area contributed by atoms with Crippen LogP contribution in [0, 0.1) is 29.3 Å². The lowest BCUT2D eigenvalue weighted by molar-refractivity contribution is -0.135. The summed E-state index contributed by atoms with van der Waals surface area (Å²) in [6, 6.07) is 1.67. The molecule has 0 radical (unpaired) electrons. The Balaban J connectivity index is 1.34. The topological polar surface area (TPSA) is 75.2 Å². The molecule has 9 heteroatoms. The fraction of sp³-hybridized carbons (Fsp3) is 0.478. The number of amides is 2. The van der Waals surface area contributed by atoms with Crippen molar-refractivity contribution in [3.05, 3.63) is 59.4 Å². The number of carbonyl (C=O) groups excluding carboxylic acids is 2. The molecule has 4 atom stereocenters. The van der Waals surface area contributed by atoms with E-state index in [9.17, 15) is 22.8 Å². The molecule has 2 aliphatic rings. The highest BCUT2D eigenvalue weighted by Gasteiger charge is 2.44. The van der Waals surface area contributed by atoms with Crippen molar-refractivity contribution in [2.45, 2.75) is 51.1 Å². The number of fused-ring (bicyclic) bond motifs is 2. The van der Waals surface area contributed by atoms with Gasteiger partial charge in [-0.15, -0.1) is 0 Å². The molecule has 2 fully saturated rings. The molecule has 4 rings (SSSR count). The van der Waals surface area contributed by atoms with Crippen molar-refractivity contribution in [1.29, 1.82) is 0 Å². The first-order valence-corrected chi connectivity index (χ1v) is 10.8. The molecule has 32 heavy (non-hydrogen) atoms. The maximum absolute atomic E-state index is 14.1. The Bertz CT molecular complexity index is 990. The van der Waals surface area contributed by atoms with Crippen LogP contribution in [0.1, 0.15) is 48.7 Å². The maximum atomic E-state index is 14.1. The quantitative estimate of drug-likeness (QED) is 0.692. The van der Waals surface area contributed by atoms with Gasteiger partial charge >= 0.3 is 0 Å². The lowest BCUT2D eigenvalue weighted by Gasteiger charge is -2.41. The van der Waals surface area contributed by atoms with E-state index in [1.165, 1.54) is 18.6 Å². The summed E-state index contributed by atoms with van der Waals surface area (Å²) in [5.41, 5.74) is 0.328. The minimum absolute atomic E-state index is 0.0612. The zero-order valence-corrected chi connectivity index (χ0v) is 17.7. The Morgan fingerprint density at radius 1 is 1.09 bits per heavy atom. The Hall–Kier alpha value is -2.97. The molecule has 2 saturated heterocycles. The molecular weight excluding hydrogens is 421 g/mol. The van der Waals surface area contributed by atoms with Gasteiger partial charge in [0.25, 0.3) is 5.91 Å². The number of aromatic nitrogens is 2. The number of benzene rings is 1. The van der Waals surface area contributed by atoms with Crippen LogP contribution in [0.3, 0.4) is 0 Å². The third-order valence-electron chi connectivity index (χ3n) is 6.69. The van der Waals surface area contributed by atoms with Crippen LogP contribution >= 0.6 is 0 Å². The van der Waals surface area contributed by atoms with Gasteiger partial charge in [0.15, 0.2) is 11.6 Å². The summed E-state index contributed by atoms with van der Waals surface area (Å²) < 4.78 is 40.8. The van der Waals surface area contributed by atoms with E-state index in [4.69, 9.17) is 0 Å². The van der Waals surface area contributed by atoms with Crippen molar-refractivity contribution in [1.82, 2.24) is 20.2 Å². The lowest BCUT2D eigenvalue weighted by atomic mass is 9.79. The third kappa shape index (κ3) is 4.61. The van der Waals surface area contributed by atoms with Crippen LogP contribution < -0.4 is 5.32 Å². The Labute approximate surface area is 184 Å². The van der Waals surface area contributed by atoms with Crippen molar-refractivity contribution < 1.29 is 22.8 Å². The van der Waals surface area contributed by atoms with E-state index in [0.29, 0.717) is 12.5 Å². The second-order valence-electron chi connectivity index (χ2n) is 8.73. The molecule has 0 aliphatic carbocycles. The number of carbonyl (C=O) groups is 2. The minimum atomic E-state index is -1.19. The van der Waals surface area contributed by atoms with Crippen LogP contribution in [0.15, 0.2) is 30.7 Å². The number of rotatable bonds is 6. The average molecular weight is 446 g/mol. The van der Waals surface area contributed by atoms with E-state index in [0.717, 1.165) is 31.7 Å². The molecule has 0 saturated carbocycles. The van der Waals surface area contributed by atoms with Crippen molar-refractivity contribution in [2.75, 3.05) is 6.54 Å². The molecule has 6 nitrogen and oxygen atoms in total. The number of hydrogen-bond donors (Lipinski definition) is 1. The predicted octanol–water partition coefficient (Wildman–Crippen LogP) is 3.27. The summed E-state index contributed by atoms with van der Waals surface area (Å²) in [7, 11) is 0. The van der Waals surface area contributed by atoms with Gasteiger partial charge in [0.05, 0.1) is 12.7 Å². The fourth-order valence-corrected chi connectivity index (χ4v) is 5.08. The molecule has 2 bridgehead atoms. The summed E-state index contributed by atoms with van der Waals surface area (Å²) in [6.07, 6.45) is 7.84. The number of nitrogens with one attached hydrogen (secondary N) is 1. The number of piperidine rings is 1. The molecule has 1 aromatic carbocycles. The zero-order valence-electron chi connectivity index (χ0n) is 17.7. The fourth-order valence-electron chi connectivity index (χ4n) is 5.08. The van der Waals surface area contributed by atoms with Crippen LogP contribution in [0.25, 0.3) is 0 Å². The van der Waals surface area contributed by atoms with Gasteiger partial charge in [-0.25, -0.2) is 18.2 Å². The molecule has 2 amide bonds. The first-order chi connectivity index (χ1) is 15.3. The van der Waals surface area contributed by atoms with E-state index < -0.39 is 23.4 Å². The number of nitrogens with zero attached hydrogens (tertiary/aromatic N) is 3. The van der Waals surface area contributed by atoms with Crippen LogP contribution in [-0.2, 0) is 11.2 Å². The Morgan fingerprint density at radius 3 is 2.44 bits per heavy atom. The molecule has 3 unspecified atom stereocenters. The molecule has 1 aromatic heterocycles. The van der Waals surface area contributed by atoms with Crippen molar-refractivity contribution in [3.63, 3.8) is 0 Å². The van der Waals surface area contributed by atoms with E-state index in [1.54, 1.807) is 0 Å². The van der Waals surface area contributed by atoms with Gasteiger partial charge in [-0.3, -0.25) is 14.6 Å².